The molecule has 0 saturated heterocycles. The van der Waals surface area contributed by atoms with E-state index in [4.69, 9.17) is 4.74 Å². The van der Waals surface area contributed by atoms with Crippen LogP contribution in [0.15, 0.2) is 0 Å². The molecule has 0 bridgehead atoms. The van der Waals surface area contributed by atoms with E-state index in [1.54, 1.807) is 49.7 Å². The van der Waals surface area contributed by atoms with Gasteiger partial charge in [-0.15, -0.1) is 0 Å². The van der Waals surface area contributed by atoms with Crippen molar-refractivity contribution >= 4 is 75.6 Å². The van der Waals surface area contributed by atoms with Gasteiger partial charge in [-0.05, 0) is 25.6 Å². The van der Waals surface area contributed by atoms with Gasteiger partial charge in [-0.3, -0.25) is 0 Å². The maximum Gasteiger partial charge on any atom is 0.341 e. The number of fused-ring (bicyclic) bond motifs is 3. The van der Waals surface area contributed by atoms with Crippen molar-refractivity contribution in [1.82, 2.24) is 4.37 Å². The third-order valence-electron chi connectivity index (χ3n) is 2.08. The molecule has 0 saturated carbocycles. The van der Waals surface area contributed by atoms with E-state index >= 15 is 0 Å². The van der Waals surface area contributed by atoms with Crippen molar-refractivity contribution in [3.8, 4) is 10.6 Å². The predicted molar refractivity (Wildman–Crippen MR) is 79.2 cm³/mol. The molecule has 0 aromatic carbocycles. The molecule has 1 aliphatic carbocycles. The second kappa shape index (κ2) is 4.90. The number of aromatic nitrogens is 1. The van der Waals surface area contributed by atoms with Gasteiger partial charge in [-0.2, -0.15) is 4.37 Å². The van der Waals surface area contributed by atoms with Crippen LogP contribution in [-0.4, -0.2) is 16.9 Å². The Morgan fingerprint density at radius 3 is 2.76 bits per heavy atom. The maximum atomic E-state index is 12.0. The second-order valence-electron chi connectivity index (χ2n) is 2.98. The lowest BCUT2D eigenvalue weighted by Gasteiger charge is -1.99. The van der Waals surface area contributed by atoms with Crippen molar-refractivity contribution in [3.05, 3.63) is 5.56 Å². The van der Waals surface area contributed by atoms with E-state index < -0.39 is 0 Å². The van der Waals surface area contributed by atoms with Crippen LogP contribution in [0.5, 0.6) is 0 Å². The summed E-state index contributed by atoms with van der Waals surface area (Å²) in [6.45, 7) is 2.22. The SMILES string of the molecule is CCOC(=O)c1c2nssc-2c2ssssc12. The van der Waals surface area contributed by atoms with Gasteiger partial charge in [0.15, 0.2) is 0 Å². The minimum Gasteiger partial charge on any atom is -0.462 e. The number of rotatable bonds is 2. The zero-order valence-electron chi connectivity index (χ0n) is 8.42. The molecule has 0 N–H and O–H groups in total. The van der Waals surface area contributed by atoms with Gasteiger partial charge in [0.05, 0.1) is 20.9 Å². The largest absolute Gasteiger partial charge is 0.462 e. The van der Waals surface area contributed by atoms with Gasteiger partial charge in [0.1, 0.15) is 11.3 Å². The van der Waals surface area contributed by atoms with E-state index in [9.17, 15) is 4.79 Å². The molecule has 3 nitrogen and oxygen atoms in total. The highest BCUT2D eigenvalue weighted by atomic mass is 33.4. The average molecular weight is 340 g/mol. The van der Waals surface area contributed by atoms with Crippen LogP contribution in [-0.2, 0) is 4.74 Å². The number of nitrogens with zero attached hydrogens (tertiary/aromatic N) is 1. The first kappa shape index (κ1) is 12.0. The van der Waals surface area contributed by atoms with Crippen LogP contribution in [0.2, 0.25) is 0 Å². The van der Waals surface area contributed by atoms with Crippen LogP contribution >= 0.6 is 60.2 Å². The second-order valence-corrected chi connectivity index (χ2v) is 10.5. The van der Waals surface area contributed by atoms with Crippen molar-refractivity contribution in [2.75, 3.05) is 6.61 Å². The molecule has 0 spiro atoms. The molecule has 9 heteroatoms. The summed E-state index contributed by atoms with van der Waals surface area (Å²) in [5.74, 6) is -0.252. The van der Waals surface area contributed by atoms with E-state index in [0.717, 1.165) is 15.3 Å². The summed E-state index contributed by atoms with van der Waals surface area (Å²) < 4.78 is 11.7. The van der Waals surface area contributed by atoms with Crippen LogP contribution in [0, 0.1) is 0 Å². The predicted octanol–water partition coefficient (Wildman–Crippen LogP) is 5.01. The molecule has 0 atom stereocenters. The van der Waals surface area contributed by atoms with Gasteiger partial charge < -0.3 is 4.74 Å². The number of hydrogen-bond donors (Lipinski definition) is 0. The fourth-order valence-electron chi connectivity index (χ4n) is 1.45. The number of carbonyl (C=O) groups is 1. The molecule has 0 amide bonds. The molecule has 1 aromatic heterocycles. The maximum absolute atomic E-state index is 12.0. The number of hydrogen-bond acceptors (Lipinski definition) is 9. The zero-order valence-corrected chi connectivity index (χ0v) is 13.3. The molecule has 0 unspecified atom stereocenters. The normalized spacial score (nSPS) is 11.1. The van der Waals surface area contributed by atoms with Crippen molar-refractivity contribution in [3.63, 3.8) is 0 Å². The standard InChI is InChI=1S/C8H5NO2S6/c1-2-11-8(10)3-4-6(12-15-9-4)7-5(3)13-16-17-14-7/h2H2,1H3. The topological polar surface area (TPSA) is 39.2 Å². The van der Waals surface area contributed by atoms with Gasteiger partial charge in [-0.1, -0.05) is 31.0 Å². The molecule has 2 heterocycles. The fourth-order valence-corrected chi connectivity index (χ4v) is 10.3. The number of ether oxygens (including phenoxy) is 1. The zero-order chi connectivity index (χ0) is 11.8. The highest BCUT2D eigenvalue weighted by molar-refractivity contribution is 8.09. The summed E-state index contributed by atoms with van der Waals surface area (Å²) >= 11 is 0. The van der Waals surface area contributed by atoms with E-state index in [1.807, 2.05) is 6.92 Å². The Morgan fingerprint density at radius 1 is 1.24 bits per heavy atom. The van der Waals surface area contributed by atoms with Crippen molar-refractivity contribution in [2.45, 2.75) is 6.92 Å². The summed E-state index contributed by atoms with van der Waals surface area (Å²) in [5.41, 5.74) is 1.46. The summed E-state index contributed by atoms with van der Waals surface area (Å²) in [7, 11) is 9.78. The summed E-state index contributed by atoms with van der Waals surface area (Å²) in [4.78, 5) is 13.1. The lowest BCUT2D eigenvalue weighted by Crippen LogP contribution is -2.04. The third kappa shape index (κ3) is 1.94. The summed E-state index contributed by atoms with van der Waals surface area (Å²) in [6, 6.07) is 0. The fraction of sp³-hybridized carbons (Fsp3) is 0.250. The van der Waals surface area contributed by atoms with Gasteiger partial charge >= 0.3 is 5.97 Å². The third-order valence-corrected chi connectivity index (χ3v) is 10.3. The van der Waals surface area contributed by atoms with Gasteiger partial charge in [0.25, 0.3) is 0 Å². The number of carbonyl (C=O) groups excluding carboxylic acids is 1. The number of esters is 1. The molecule has 17 heavy (non-hydrogen) atoms. The Kier molecular flexibility index (Phi) is 3.46. The Morgan fingerprint density at radius 2 is 2.00 bits per heavy atom. The molecule has 1 aliphatic heterocycles. The highest BCUT2D eigenvalue weighted by Crippen LogP contribution is 2.48. The van der Waals surface area contributed by atoms with Crippen molar-refractivity contribution < 1.29 is 9.53 Å². The molecular formula is C8H5NO2S6. The Labute approximate surface area is 118 Å². The first-order chi connectivity index (χ1) is 8.33. The van der Waals surface area contributed by atoms with E-state index in [2.05, 4.69) is 4.37 Å². The Bertz CT molecular complexity index is 661. The quantitative estimate of drug-likeness (QED) is 0.486. The lowest BCUT2D eigenvalue weighted by atomic mass is 10.3. The Hall–Kier alpha value is -0.0600. The molecule has 3 rings (SSSR count). The van der Waals surface area contributed by atoms with Crippen LogP contribution in [0.4, 0.5) is 0 Å². The van der Waals surface area contributed by atoms with E-state index in [1.165, 1.54) is 15.2 Å². The molecule has 2 aliphatic rings. The van der Waals surface area contributed by atoms with Crippen LogP contribution in [0.1, 0.15) is 17.3 Å². The van der Waals surface area contributed by atoms with Crippen molar-refractivity contribution in [2.24, 2.45) is 0 Å². The summed E-state index contributed by atoms with van der Waals surface area (Å²) in [6.07, 6.45) is 0. The monoisotopic (exact) mass is 339 g/mol. The van der Waals surface area contributed by atoms with E-state index in [-0.39, 0.29) is 5.97 Å². The van der Waals surface area contributed by atoms with Crippen molar-refractivity contribution in [1.29, 1.82) is 0 Å². The van der Waals surface area contributed by atoms with Gasteiger partial charge in [0, 0.05) is 10.5 Å². The molecule has 0 radical (unpaired) electrons. The first-order valence-corrected chi connectivity index (χ1v) is 11.5. The molecular weight excluding hydrogens is 334 g/mol. The van der Waals surface area contributed by atoms with Gasteiger partial charge in [-0.25, -0.2) is 4.79 Å². The van der Waals surface area contributed by atoms with Crippen LogP contribution < -0.4 is 0 Å². The van der Waals surface area contributed by atoms with Gasteiger partial charge in [0.2, 0.25) is 0 Å². The average Bonchev–Trinajstić information content (AvgIpc) is 2.88. The van der Waals surface area contributed by atoms with E-state index in [0.29, 0.717) is 12.2 Å². The molecule has 0 fully saturated rings. The Balaban J connectivity index is 2.32. The minimum atomic E-state index is -0.252. The lowest BCUT2D eigenvalue weighted by molar-refractivity contribution is 0.0530. The summed E-state index contributed by atoms with van der Waals surface area (Å²) in [5, 5.41) is 0. The van der Waals surface area contributed by atoms with Crippen LogP contribution in [0.3, 0.4) is 0 Å². The molecule has 90 valence electrons. The smallest absolute Gasteiger partial charge is 0.341 e. The minimum absolute atomic E-state index is 0.252. The van der Waals surface area contributed by atoms with Crippen LogP contribution in [0.25, 0.3) is 20.0 Å². The highest BCUT2D eigenvalue weighted by Gasteiger charge is 2.28. The molecule has 1 aromatic rings. The first-order valence-electron chi connectivity index (χ1n) is 4.59.